The molecule has 1 fully saturated rings. The van der Waals surface area contributed by atoms with Gasteiger partial charge in [-0.15, -0.1) is 10.2 Å². The maximum atomic E-state index is 6.39. The molecule has 2 aliphatic heterocycles. The van der Waals surface area contributed by atoms with Gasteiger partial charge in [-0.25, -0.2) is 0 Å². The number of halogens is 1. The SMILES string of the molecule is C[NH+]1CC[NH+](Cc2nnc3n2-c2ccc(Cl)cc2C(c2ccccc2)=NC3)CC1. The molecule has 148 valence electrons. The van der Waals surface area contributed by atoms with Gasteiger partial charge in [-0.05, 0) is 18.2 Å². The lowest BCUT2D eigenvalue weighted by Crippen LogP contribution is -3.26. The van der Waals surface area contributed by atoms with Crippen LogP contribution in [0.5, 0.6) is 0 Å². The predicted molar refractivity (Wildman–Crippen MR) is 113 cm³/mol. The number of rotatable bonds is 3. The Morgan fingerprint density at radius 2 is 1.79 bits per heavy atom. The van der Waals surface area contributed by atoms with E-state index < -0.39 is 0 Å². The maximum absolute atomic E-state index is 6.39. The highest BCUT2D eigenvalue weighted by molar-refractivity contribution is 6.31. The molecule has 3 heterocycles. The number of benzene rings is 2. The van der Waals surface area contributed by atoms with Gasteiger partial charge in [0, 0.05) is 16.1 Å². The van der Waals surface area contributed by atoms with Gasteiger partial charge in [0.15, 0.2) is 11.6 Å². The van der Waals surface area contributed by atoms with Crippen molar-refractivity contribution in [1.82, 2.24) is 14.8 Å². The van der Waals surface area contributed by atoms with Crippen molar-refractivity contribution < 1.29 is 9.80 Å². The number of hydrogen-bond donors (Lipinski definition) is 2. The van der Waals surface area contributed by atoms with Crippen molar-refractivity contribution in [2.75, 3.05) is 33.2 Å². The summed E-state index contributed by atoms with van der Waals surface area (Å²) >= 11 is 6.39. The summed E-state index contributed by atoms with van der Waals surface area (Å²) in [5.74, 6) is 1.89. The second kappa shape index (κ2) is 7.71. The van der Waals surface area contributed by atoms with E-state index in [1.165, 1.54) is 13.1 Å². The van der Waals surface area contributed by atoms with Gasteiger partial charge in [-0.2, -0.15) is 0 Å². The smallest absolute Gasteiger partial charge is 0.192 e. The van der Waals surface area contributed by atoms with Gasteiger partial charge in [0.25, 0.3) is 0 Å². The highest BCUT2D eigenvalue weighted by Gasteiger charge is 2.27. The number of piperazine rings is 1. The van der Waals surface area contributed by atoms with E-state index in [1.54, 1.807) is 9.80 Å². The Bertz CT molecular complexity index is 1050. The van der Waals surface area contributed by atoms with Crippen molar-refractivity contribution in [3.05, 3.63) is 76.3 Å². The van der Waals surface area contributed by atoms with Gasteiger partial charge >= 0.3 is 0 Å². The lowest BCUT2D eigenvalue weighted by molar-refractivity contribution is -1.01. The van der Waals surface area contributed by atoms with Crippen LogP contribution >= 0.6 is 11.6 Å². The zero-order valence-corrected chi connectivity index (χ0v) is 17.3. The minimum atomic E-state index is 0.506. The highest BCUT2D eigenvalue weighted by atomic mass is 35.5. The normalized spacial score (nSPS) is 21.1. The van der Waals surface area contributed by atoms with Crippen LogP contribution in [0, 0.1) is 0 Å². The molecule has 3 aromatic rings. The molecule has 29 heavy (non-hydrogen) atoms. The molecule has 2 N–H and O–H groups in total. The molecule has 0 unspecified atom stereocenters. The Labute approximate surface area is 175 Å². The molecular weight excluding hydrogens is 384 g/mol. The van der Waals surface area contributed by atoms with Crippen LogP contribution in [0.15, 0.2) is 53.5 Å². The van der Waals surface area contributed by atoms with Crippen LogP contribution in [0.3, 0.4) is 0 Å². The maximum Gasteiger partial charge on any atom is 0.192 e. The van der Waals surface area contributed by atoms with Crippen molar-refractivity contribution in [1.29, 1.82) is 0 Å². The highest BCUT2D eigenvalue weighted by Crippen LogP contribution is 2.28. The molecule has 0 radical (unpaired) electrons. The largest absolute Gasteiger partial charge is 0.328 e. The van der Waals surface area contributed by atoms with E-state index in [1.807, 2.05) is 30.3 Å². The number of likely N-dealkylation sites (N-methyl/N-ethyl adjacent to an activating group) is 1. The molecule has 0 spiro atoms. The third-order valence-corrected chi connectivity index (χ3v) is 6.13. The zero-order chi connectivity index (χ0) is 19.8. The second-order valence-corrected chi connectivity index (χ2v) is 8.38. The summed E-state index contributed by atoms with van der Waals surface area (Å²) in [6, 6.07) is 16.3. The molecular formula is C22H25ClN6+2. The summed E-state index contributed by atoms with van der Waals surface area (Å²) < 4.78 is 2.20. The summed E-state index contributed by atoms with van der Waals surface area (Å²) in [5, 5.41) is 9.76. The Morgan fingerprint density at radius 1 is 1.00 bits per heavy atom. The number of aromatic nitrogens is 3. The van der Waals surface area contributed by atoms with Crippen LogP contribution in [0.25, 0.3) is 5.69 Å². The molecule has 7 heteroatoms. The van der Waals surface area contributed by atoms with Crippen LogP contribution in [0.1, 0.15) is 22.8 Å². The number of nitrogens with zero attached hydrogens (tertiary/aromatic N) is 4. The molecule has 2 aliphatic rings. The van der Waals surface area contributed by atoms with Crippen LogP contribution in [-0.2, 0) is 13.1 Å². The van der Waals surface area contributed by atoms with Crippen LogP contribution in [0.2, 0.25) is 5.02 Å². The molecule has 1 saturated heterocycles. The molecule has 0 atom stereocenters. The molecule has 5 rings (SSSR count). The standard InChI is InChI=1S/C22H23ClN6/c1-27-9-11-28(12-10-27)15-21-26-25-20-14-24-22(16-5-3-2-4-6-16)18-13-17(23)7-8-19(18)29(20)21/h2-8,13H,9-12,14-15H2,1H3/p+2. The Morgan fingerprint density at radius 3 is 2.59 bits per heavy atom. The van der Waals surface area contributed by atoms with Gasteiger partial charge in [0.1, 0.15) is 39.3 Å². The third-order valence-electron chi connectivity index (χ3n) is 5.90. The monoisotopic (exact) mass is 408 g/mol. The average molecular weight is 409 g/mol. The van der Waals surface area contributed by atoms with E-state index in [4.69, 9.17) is 16.6 Å². The van der Waals surface area contributed by atoms with Crippen molar-refractivity contribution in [2.24, 2.45) is 4.99 Å². The Hall–Kier alpha value is -2.54. The van der Waals surface area contributed by atoms with E-state index in [9.17, 15) is 0 Å². The van der Waals surface area contributed by atoms with E-state index in [-0.39, 0.29) is 0 Å². The molecule has 6 nitrogen and oxygen atoms in total. The van der Waals surface area contributed by atoms with Gasteiger partial charge in [0.05, 0.1) is 18.4 Å². The summed E-state index contributed by atoms with van der Waals surface area (Å²) in [5.41, 5.74) is 4.13. The fourth-order valence-electron chi connectivity index (χ4n) is 4.25. The topological polar surface area (TPSA) is 52.0 Å². The number of fused-ring (bicyclic) bond motifs is 3. The fourth-order valence-corrected chi connectivity index (χ4v) is 4.42. The Balaban J connectivity index is 1.57. The van der Waals surface area contributed by atoms with Gasteiger partial charge in [0.2, 0.25) is 0 Å². The van der Waals surface area contributed by atoms with E-state index in [2.05, 4.69) is 40.0 Å². The van der Waals surface area contributed by atoms with Gasteiger partial charge in [-0.1, -0.05) is 41.9 Å². The zero-order valence-electron chi connectivity index (χ0n) is 16.5. The first-order valence-electron chi connectivity index (χ1n) is 10.2. The number of nitrogens with one attached hydrogen (secondary N) is 2. The average Bonchev–Trinajstić information content (AvgIpc) is 3.05. The van der Waals surface area contributed by atoms with Gasteiger partial charge in [-0.3, -0.25) is 9.56 Å². The minimum Gasteiger partial charge on any atom is -0.328 e. The van der Waals surface area contributed by atoms with Crippen LogP contribution < -0.4 is 9.80 Å². The van der Waals surface area contributed by atoms with E-state index in [0.717, 1.165) is 53.8 Å². The van der Waals surface area contributed by atoms with Crippen LogP contribution in [-0.4, -0.2) is 53.7 Å². The van der Waals surface area contributed by atoms with Crippen LogP contribution in [0.4, 0.5) is 0 Å². The molecule has 0 amide bonds. The summed E-state index contributed by atoms with van der Waals surface area (Å²) in [4.78, 5) is 8.08. The molecule has 1 aromatic heterocycles. The first kappa shape index (κ1) is 18.5. The molecule has 0 aliphatic carbocycles. The molecule has 0 bridgehead atoms. The molecule has 0 saturated carbocycles. The van der Waals surface area contributed by atoms with Gasteiger partial charge < -0.3 is 9.80 Å². The minimum absolute atomic E-state index is 0.506. The second-order valence-electron chi connectivity index (χ2n) is 7.94. The molecule has 2 aromatic carbocycles. The van der Waals surface area contributed by atoms with E-state index in [0.29, 0.717) is 11.6 Å². The Kier molecular flexibility index (Phi) is 4.91. The first-order chi connectivity index (χ1) is 14.2. The summed E-state index contributed by atoms with van der Waals surface area (Å²) in [7, 11) is 2.27. The van der Waals surface area contributed by atoms with Crippen molar-refractivity contribution >= 4 is 17.3 Å². The van der Waals surface area contributed by atoms with E-state index >= 15 is 0 Å². The van der Waals surface area contributed by atoms with Crippen molar-refractivity contribution in [3.8, 4) is 5.69 Å². The van der Waals surface area contributed by atoms with Crippen molar-refractivity contribution in [3.63, 3.8) is 0 Å². The lowest BCUT2D eigenvalue weighted by atomic mass is 10.0. The fraction of sp³-hybridized carbons (Fsp3) is 0.318. The summed E-state index contributed by atoms with van der Waals surface area (Å²) in [6.07, 6.45) is 0. The predicted octanol–water partition coefficient (Wildman–Crippen LogP) is 0.185. The van der Waals surface area contributed by atoms with Crippen molar-refractivity contribution in [2.45, 2.75) is 13.1 Å². The number of hydrogen-bond acceptors (Lipinski definition) is 3. The number of quaternary nitrogens is 2. The summed E-state index contributed by atoms with van der Waals surface area (Å²) in [6.45, 7) is 6.10. The number of aliphatic imine (C=N–C) groups is 1. The first-order valence-corrected chi connectivity index (χ1v) is 10.5. The quantitative estimate of drug-likeness (QED) is 0.650. The lowest BCUT2D eigenvalue weighted by Gasteiger charge is -2.27. The third kappa shape index (κ3) is 3.59.